The predicted molar refractivity (Wildman–Crippen MR) is 87.9 cm³/mol. The number of hydrogen-bond donors (Lipinski definition) is 1. The number of carbonyl (C=O) groups is 1. The molecule has 2 aromatic carbocycles. The van der Waals surface area contributed by atoms with Gasteiger partial charge in [0.1, 0.15) is 18.1 Å². The fourth-order valence-electron chi connectivity index (χ4n) is 2.02. The molecule has 0 heterocycles. The highest BCUT2D eigenvalue weighted by atomic mass is 35.5. The molecular formula is C17H17ClFNO3. The van der Waals surface area contributed by atoms with Crippen LogP contribution in [0.1, 0.15) is 11.1 Å². The van der Waals surface area contributed by atoms with Crippen LogP contribution in [0.4, 0.5) is 10.1 Å². The SMILES string of the molecule is COc1cccc(COc2cccc(NC(=O)C(F)Cl)c2C)c1. The average molecular weight is 338 g/mol. The number of nitrogens with one attached hydrogen (secondary N) is 1. The monoisotopic (exact) mass is 337 g/mol. The minimum atomic E-state index is -2.09. The molecule has 0 aliphatic carbocycles. The van der Waals surface area contributed by atoms with Gasteiger partial charge in [0.2, 0.25) is 0 Å². The maximum Gasteiger partial charge on any atom is 0.274 e. The zero-order chi connectivity index (χ0) is 16.8. The third-order valence-electron chi connectivity index (χ3n) is 3.27. The molecule has 0 saturated carbocycles. The van der Waals surface area contributed by atoms with E-state index in [1.807, 2.05) is 24.3 Å². The molecule has 23 heavy (non-hydrogen) atoms. The Morgan fingerprint density at radius 3 is 2.74 bits per heavy atom. The van der Waals surface area contributed by atoms with Crippen molar-refractivity contribution < 1.29 is 18.7 Å². The van der Waals surface area contributed by atoms with Crippen LogP contribution >= 0.6 is 11.6 Å². The summed E-state index contributed by atoms with van der Waals surface area (Å²) in [6.45, 7) is 2.12. The summed E-state index contributed by atoms with van der Waals surface area (Å²) in [6.07, 6.45) is 0. The normalized spacial score (nSPS) is 11.7. The van der Waals surface area contributed by atoms with Crippen molar-refractivity contribution in [3.63, 3.8) is 0 Å². The van der Waals surface area contributed by atoms with Gasteiger partial charge in [-0.2, -0.15) is 0 Å². The fraction of sp³-hybridized carbons (Fsp3) is 0.235. The number of ether oxygens (including phenoxy) is 2. The van der Waals surface area contributed by atoms with Gasteiger partial charge in [-0.3, -0.25) is 4.79 Å². The summed E-state index contributed by atoms with van der Waals surface area (Å²) in [5.41, 5.74) is 0.0148. The van der Waals surface area contributed by atoms with Gasteiger partial charge in [-0.1, -0.05) is 29.8 Å². The first-order valence-corrected chi connectivity index (χ1v) is 7.39. The Bertz CT molecular complexity index is 691. The summed E-state index contributed by atoms with van der Waals surface area (Å²) >= 11 is 5.12. The molecule has 0 fully saturated rings. The summed E-state index contributed by atoms with van der Waals surface area (Å²) < 4.78 is 23.7. The minimum Gasteiger partial charge on any atom is -0.497 e. The van der Waals surface area contributed by atoms with E-state index in [1.54, 1.807) is 32.2 Å². The Hall–Kier alpha value is -2.27. The molecule has 122 valence electrons. The molecule has 0 aliphatic rings. The van der Waals surface area contributed by atoms with Gasteiger partial charge in [-0.15, -0.1) is 0 Å². The zero-order valence-electron chi connectivity index (χ0n) is 12.8. The summed E-state index contributed by atoms with van der Waals surface area (Å²) in [7, 11) is 1.60. The summed E-state index contributed by atoms with van der Waals surface area (Å²) in [5, 5.41) is 2.42. The second-order valence-corrected chi connectivity index (χ2v) is 5.24. The molecule has 0 aromatic heterocycles. The zero-order valence-corrected chi connectivity index (χ0v) is 13.6. The molecule has 1 unspecified atom stereocenters. The molecule has 1 atom stereocenters. The lowest BCUT2D eigenvalue weighted by Crippen LogP contribution is -2.20. The minimum absolute atomic E-state index is 0.344. The molecule has 4 nitrogen and oxygen atoms in total. The van der Waals surface area contributed by atoms with Crippen LogP contribution in [0.3, 0.4) is 0 Å². The standard InChI is InChI=1S/C17H17ClFNO3/c1-11-14(20-17(21)16(18)19)7-4-8-15(11)23-10-12-5-3-6-13(9-12)22-2/h3-9,16H,10H2,1-2H3,(H,20,21). The van der Waals surface area contributed by atoms with Crippen molar-refractivity contribution in [3.8, 4) is 11.5 Å². The highest BCUT2D eigenvalue weighted by molar-refractivity contribution is 6.31. The van der Waals surface area contributed by atoms with E-state index in [0.717, 1.165) is 11.3 Å². The third-order valence-corrected chi connectivity index (χ3v) is 3.47. The number of halogens is 2. The van der Waals surface area contributed by atoms with E-state index in [2.05, 4.69) is 5.32 Å². The van der Waals surface area contributed by atoms with E-state index in [-0.39, 0.29) is 0 Å². The van der Waals surface area contributed by atoms with Crippen LogP contribution in [0, 0.1) is 6.92 Å². The van der Waals surface area contributed by atoms with Crippen LogP contribution in [-0.4, -0.2) is 18.6 Å². The van der Waals surface area contributed by atoms with E-state index in [9.17, 15) is 9.18 Å². The Balaban J connectivity index is 2.09. The maximum absolute atomic E-state index is 12.8. The second-order valence-electron chi connectivity index (χ2n) is 4.86. The summed E-state index contributed by atoms with van der Waals surface area (Å²) in [6, 6.07) is 12.7. The van der Waals surface area contributed by atoms with Crippen LogP contribution < -0.4 is 14.8 Å². The molecular weight excluding hydrogens is 321 g/mol. The number of hydrogen-bond acceptors (Lipinski definition) is 3. The average Bonchev–Trinajstić information content (AvgIpc) is 2.55. The van der Waals surface area contributed by atoms with Crippen LogP contribution in [0.25, 0.3) is 0 Å². The number of alkyl halides is 2. The van der Waals surface area contributed by atoms with Crippen molar-refractivity contribution in [3.05, 3.63) is 53.6 Å². The smallest absolute Gasteiger partial charge is 0.274 e. The highest BCUT2D eigenvalue weighted by Gasteiger charge is 2.15. The molecule has 0 bridgehead atoms. The Kier molecular flexibility index (Phi) is 5.82. The molecule has 1 N–H and O–H groups in total. The van der Waals surface area contributed by atoms with E-state index >= 15 is 0 Å². The molecule has 0 spiro atoms. The van der Waals surface area contributed by atoms with E-state index in [1.165, 1.54) is 0 Å². The van der Waals surface area contributed by atoms with E-state index < -0.39 is 11.5 Å². The number of rotatable bonds is 6. The summed E-state index contributed by atoms with van der Waals surface area (Å²) in [4.78, 5) is 11.4. The van der Waals surface area contributed by atoms with Crippen LogP contribution in [-0.2, 0) is 11.4 Å². The first kappa shape index (κ1) is 17.1. The van der Waals surface area contributed by atoms with Crippen molar-refractivity contribution in [1.29, 1.82) is 0 Å². The predicted octanol–water partition coefficient (Wildman–Crippen LogP) is 4.06. The number of carbonyl (C=O) groups excluding carboxylic acids is 1. The van der Waals surface area contributed by atoms with Crippen LogP contribution in [0.2, 0.25) is 0 Å². The number of amides is 1. The molecule has 6 heteroatoms. The van der Waals surface area contributed by atoms with Gasteiger partial charge in [0, 0.05) is 11.3 Å². The molecule has 2 aromatic rings. The van der Waals surface area contributed by atoms with E-state index in [4.69, 9.17) is 21.1 Å². The maximum atomic E-state index is 12.8. The van der Waals surface area contributed by atoms with Gasteiger partial charge >= 0.3 is 0 Å². The van der Waals surface area contributed by atoms with Gasteiger partial charge in [-0.05, 0) is 36.8 Å². The molecule has 1 amide bonds. The molecule has 0 radical (unpaired) electrons. The van der Waals surface area contributed by atoms with Crippen LogP contribution in [0.5, 0.6) is 11.5 Å². The van der Waals surface area contributed by atoms with E-state index in [0.29, 0.717) is 23.6 Å². The lowest BCUT2D eigenvalue weighted by molar-refractivity contribution is -0.118. The lowest BCUT2D eigenvalue weighted by Gasteiger charge is -2.14. The fourth-order valence-corrected chi connectivity index (χ4v) is 2.07. The number of anilines is 1. The molecule has 2 rings (SSSR count). The topological polar surface area (TPSA) is 47.6 Å². The van der Waals surface area contributed by atoms with Gasteiger partial charge in [0.25, 0.3) is 11.5 Å². The Morgan fingerprint density at radius 2 is 2.04 bits per heavy atom. The van der Waals surface area contributed by atoms with Gasteiger partial charge in [0.15, 0.2) is 0 Å². The second kappa shape index (κ2) is 7.83. The van der Waals surface area contributed by atoms with Gasteiger partial charge in [-0.25, -0.2) is 4.39 Å². The number of benzene rings is 2. The summed E-state index contributed by atoms with van der Waals surface area (Å²) in [5.74, 6) is 0.440. The van der Waals surface area contributed by atoms with Gasteiger partial charge in [0.05, 0.1) is 7.11 Å². The number of methoxy groups -OCH3 is 1. The quantitative estimate of drug-likeness (QED) is 0.809. The first-order valence-electron chi connectivity index (χ1n) is 6.95. The van der Waals surface area contributed by atoms with Crippen molar-refractivity contribution in [2.75, 3.05) is 12.4 Å². The largest absolute Gasteiger partial charge is 0.497 e. The van der Waals surface area contributed by atoms with Gasteiger partial charge < -0.3 is 14.8 Å². The van der Waals surface area contributed by atoms with Crippen molar-refractivity contribution in [2.45, 2.75) is 19.2 Å². The van der Waals surface area contributed by atoms with Crippen molar-refractivity contribution in [1.82, 2.24) is 0 Å². The van der Waals surface area contributed by atoms with Crippen molar-refractivity contribution >= 4 is 23.2 Å². The van der Waals surface area contributed by atoms with Crippen molar-refractivity contribution in [2.24, 2.45) is 0 Å². The highest BCUT2D eigenvalue weighted by Crippen LogP contribution is 2.27. The molecule has 0 saturated heterocycles. The third kappa shape index (κ3) is 4.60. The Labute approximate surface area is 139 Å². The Morgan fingerprint density at radius 1 is 1.30 bits per heavy atom. The lowest BCUT2D eigenvalue weighted by atomic mass is 10.1. The van der Waals surface area contributed by atoms with Crippen LogP contribution in [0.15, 0.2) is 42.5 Å². The molecule has 0 aliphatic heterocycles. The first-order chi connectivity index (χ1) is 11.0.